The molecule has 6 nitrogen and oxygen atoms in total. The highest BCUT2D eigenvalue weighted by Gasteiger charge is 2.21. The van der Waals surface area contributed by atoms with Crippen molar-refractivity contribution in [2.24, 2.45) is 4.99 Å². The third-order valence-electron chi connectivity index (χ3n) is 5.83. The second-order valence-electron chi connectivity index (χ2n) is 8.55. The van der Waals surface area contributed by atoms with Crippen LogP contribution in [0, 0.1) is 0 Å². The largest absolute Gasteiger partial charge is 0.497 e. The SMILES string of the molecule is CN=C(NCc1ccccc1CN1CCOCC1)NCC(C)(C)c1cccc(OC)c1. The van der Waals surface area contributed by atoms with Gasteiger partial charge in [-0.1, -0.05) is 50.2 Å². The molecule has 2 aromatic carbocycles. The van der Waals surface area contributed by atoms with Gasteiger partial charge in [0.25, 0.3) is 0 Å². The number of morpholine rings is 1. The molecule has 6 heteroatoms. The summed E-state index contributed by atoms with van der Waals surface area (Å²) in [6.45, 7) is 10.5. The van der Waals surface area contributed by atoms with Crippen molar-refractivity contribution in [1.29, 1.82) is 0 Å². The van der Waals surface area contributed by atoms with Crippen LogP contribution in [0.5, 0.6) is 5.75 Å². The smallest absolute Gasteiger partial charge is 0.191 e. The molecule has 0 saturated carbocycles. The average Bonchev–Trinajstić information content (AvgIpc) is 2.81. The van der Waals surface area contributed by atoms with Crippen LogP contribution in [0.2, 0.25) is 0 Å². The van der Waals surface area contributed by atoms with Crippen molar-refractivity contribution in [2.75, 3.05) is 47.0 Å². The van der Waals surface area contributed by atoms with Gasteiger partial charge in [0, 0.05) is 45.2 Å². The standard InChI is InChI=1S/C25H36N4O2/c1-25(2,22-10-7-11-23(16-22)30-4)19-28-24(26-3)27-17-20-8-5-6-9-21(20)18-29-12-14-31-15-13-29/h5-11,16H,12-15,17-19H2,1-4H3,(H2,26,27,28). The van der Waals surface area contributed by atoms with E-state index in [1.807, 2.05) is 19.2 Å². The molecule has 31 heavy (non-hydrogen) atoms. The normalized spacial score (nSPS) is 15.5. The van der Waals surface area contributed by atoms with Crippen LogP contribution < -0.4 is 15.4 Å². The van der Waals surface area contributed by atoms with Crippen LogP contribution in [0.15, 0.2) is 53.5 Å². The first-order chi connectivity index (χ1) is 15.0. The van der Waals surface area contributed by atoms with Crippen molar-refractivity contribution in [3.8, 4) is 5.75 Å². The van der Waals surface area contributed by atoms with Crippen LogP contribution in [-0.4, -0.2) is 57.9 Å². The summed E-state index contributed by atoms with van der Waals surface area (Å²) in [5.41, 5.74) is 3.80. The van der Waals surface area contributed by atoms with Gasteiger partial charge in [0.1, 0.15) is 5.75 Å². The predicted octanol–water partition coefficient (Wildman–Crippen LogP) is 3.17. The Labute approximate surface area is 186 Å². The predicted molar refractivity (Wildman–Crippen MR) is 127 cm³/mol. The number of guanidine groups is 1. The van der Waals surface area contributed by atoms with E-state index in [1.165, 1.54) is 16.7 Å². The summed E-state index contributed by atoms with van der Waals surface area (Å²) in [6, 6.07) is 16.9. The monoisotopic (exact) mass is 424 g/mol. The number of nitrogens with one attached hydrogen (secondary N) is 2. The highest BCUT2D eigenvalue weighted by molar-refractivity contribution is 5.79. The first kappa shape index (κ1) is 23.1. The fraction of sp³-hybridized carbons (Fsp3) is 0.480. The third-order valence-corrected chi connectivity index (χ3v) is 5.83. The number of benzene rings is 2. The Hall–Kier alpha value is -2.57. The van der Waals surface area contributed by atoms with Crippen molar-refractivity contribution < 1.29 is 9.47 Å². The molecule has 1 fully saturated rings. The van der Waals surface area contributed by atoms with Crippen molar-refractivity contribution in [1.82, 2.24) is 15.5 Å². The lowest BCUT2D eigenvalue weighted by Gasteiger charge is -2.28. The molecule has 1 heterocycles. The Morgan fingerprint density at radius 2 is 1.81 bits per heavy atom. The molecular weight excluding hydrogens is 388 g/mol. The lowest BCUT2D eigenvalue weighted by atomic mass is 9.84. The molecular formula is C25H36N4O2. The van der Waals surface area contributed by atoms with Gasteiger partial charge in [-0.3, -0.25) is 9.89 Å². The minimum atomic E-state index is -0.0690. The summed E-state index contributed by atoms with van der Waals surface area (Å²) in [4.78, 5) is 6.87. The maximum Gasteiger partial charge on any atom is 0.191 e. The summed E-state index contributed by atoms with van der Waals surface area (Å²) in [7, 11) is 3.51. The molecule has 168 valence electrons. The Morgan fingerprint density at radius 1 is 1.06 bits per heavy atom. The second kappa shape index (κ2) is 11.2. The van der Waals surface area contributed by atoms with E-state index in [0.717, 1.165) is 57.6 Å². The van der Waals surface area contributed by atoms with E-state index in [0.29, 0.717) is 0 Å². The maximum absolute atomic E-state index is 5.48. The van der Waals surface area contributed by atoms with Crippen molar-refractivity contribution >= 4 is 5.96 Å². The van der Waals surface area contributed by atoms with Crippen LogP contribution in [0.25, 0.3) is 0 Å². The average molecular weight is 425 g/mol. The zero-order valence-electron chi connectivity index (χ0n) is 19.3. The number of nitrogens with zero attached hydrogens (tertiary/aromatic N) is 2. The third kappa shape index (κ3) is 6.71. The molecule has 1 saturated heterocycles. The van der Waals surface area contributed by atoms with Crippen molar-refractivity contribution in [3.63, 3.8) is 0 Å². The van der Waals surface area contributed by atoms with E-state index in [2.05, 4.69) is 70.8 Å². The van der Waals surface area contributed by atoms with Crippen LogP contribution >= 0.6 is 0 Å². The minimum absolute atomic E-state index is 0.0690. The van der Waals surface area contributed by atoms with Gasteiger partial charge in [-0.15, -0.1) is 0 Å². The molecule has 2 aromatic rings. The number of ether oxygens (including phenoxy) is 2. The van der Waals surface area contributed by atoms with Gasteiger partial charge in [-0.25, -0.2) is 0 Å². The van der Waals surface area contributed by atoms with Crippen molar-refractivity contribution in [2.45, 2.75) is 32.4 Å². The summed E-state index contributed by atoms with van der Waals surface area (Å²) in [6.07, 6.45) is 0. The minimum Gasteiger partial charge on any atom is -0.497 e. The maximum atomic E-state index is 5.48. The molecule has 0 aromatic heterocycles. The van der Waals surface area contributed by atoms with Gasteiger partial charge >= 0.3 is 0 Å². The Balaban J connectivity index is 1.57. The van der Waals surface area contributed by atoms with Gasteiger partial charge in [0.05, 0.1) is 20.3 Å². The van der Waals surface area contributed by atoms with Crippen LogP contribution in [0.3, 0.4) is 0 Å². The zero-order valence-corrected chi connectivity index (χ0v) is 19.3. The number of methoxy groups -OCH3 is 1. The van der Waals surface area contributed by atoms with E-state index >= 15 is 0 Å². The van der Waals surface area contributed by atoms with Crippen LogP contribution in [0.4, 0.5) is 0 Å². The molecule has 1 aliphatic heterocycles. The summed E-state index contributed by atoms with van der Waals surface area (Å²) in [5.74, 6) is 1.68. The molecule has 0 aliphatic carbocycles. The van der Waals surface area contributed by atoms with Gasteiger partial charge in [-0.2, -0.15) is 0 Å². The zero-order chi connectivity index (χ0) is 22.1. The molecule has 2 N–H and O–H groups in total. The second-order valence-corrected chi connectivity index (χ2v) is 8.55. The van der Waals surface area contributed by atoms with E-state index in [4.69, 9.17) is 9.47 Å². The first-order valence-corrected chi connectivity index (χ1v) is 11.0. The topological polar surface area (TPSA) is 58.1 Å². The fourth-order valence-electron chi connectivity index (χ4n) is 3.73. The number of hydrogen-bond acceptors (Lipinski definition) is 4. The molecule has 0 atom stereocenters. The molecule has 0 amide bonds. The van der Waals surface area contributed by atoms with E-state index in [1.54, 1.807) is 7.11 Å². The first-order valence-electron chi connectivity index (χ1n) is 11.0. The quantitative estimate of drug-likeness (QED) is 0.504. The lowest BCUT2D eigenvalue weighted by Crippen LogP contribution is -2.43. The van der Waals surface area contributed by atoms with Gasteiger partial charge in [0.2, 0.25) is 0 Å². The van der Waals surface area contributed by atoms with Gasteiger partial charge in [0.15, 0.2) is 5.96 Å². The highest BCUT2D eigenvalue weighted by atomic mass is 16.5. The molecule has 1 aliphatic rings. The summed E-state index contributed by atoms with van der Waals surface area (Å²) < 4.78 is 10.9. The summed E-state index contributed by atoms with van der Waals surface area (Å²) >= 11 is 0. The van der Waals surface area contributed by atoms with Crippen LogP contribution in [0.1, 0.15) is 30.5 Å². The van der Waals surface area contributed by atoms with Crippen LogP contribution in [-0.2, 0) is 23.2 Å². The van der Waals surface area contributed by atoms with E-state index in [-0.39, 0.29) is 5.41 Å². The Bertz CT molecular complexity index is 860. The number of hydrogen-bond donors (Lipinski definition) is 2. The Morgan fingerprint density at radius 3 is 2.52 bits per heavy atom. The fourth-order valence-corrected chi connectivity index (χ4v) is 3.73. The molecule has 0 bridgehead atoms. The van der Waals surface area contributed by atoms with Gasteiger partial charge < -0.3 is 20.1 Å². The summed E-state index contributed by atoms with van der Waals surface area (Å²) in [5, 5.41) is 6.97. The molecule has 3 rings (SSSR count). The number of rotatable bonds is 8. The highest BCUT2D eigenvalue weighted by Crippen LogP contribution is 2.25. The number of aliphatic imine (C=N–C) groups is 1. The molecule has 0 radical (unpaired) electrons. The molecule has 0 unspecified atom stereocenters. The lowest BCUT2D eigenvalue weighted by molar-refractivity contribution is 0.0341. The Kier molecular flexibility index (Phi) is 8.32. The molecule has 0 spiro atoms. The van der Waals surface area contributed by atoms with E-state index in [9.17, 15) is 0 Å². The van der Waals surface area contributed by atoms with Crippen molar-refractivity contribution in [3.05, 3.63) is 65.2 Å². The van der Waals surface area contributed by atoms with E-state index < -0.39 is 0 Å². The van der Waals surface area contributed by atoms with Gasteiger partial charge in [-0.05, 0) is 28.8 Å².